The summed E-state index contributed by atoms with van der Waals surface area (Å²) in [5, 5.41) is 8.59. The largest absolute Gasteiger partial charge is 0.257 e. The van der Waals surface area contributed by atoms with Crippen LogP contribution in [0.4, 0.5) is 5.69 Å². The first kappa shape index (κ1) is 16.9. The molecule has 0 aromatic heterocycles. The van der Waals surface area contributed by atoms with Gasteiger partial charge in [-0.2, -0.15) is 5.10 Å². The van der Waals surface area contributed by atoms with E-state index in [9.17, 15) is 0 Å². The summed E-state index contributed by atoms with van der Waals surface area (Å²) >= 11 is 12.8. The van der Waals surface area contributed by atoms with Gasteiger partial charge in [0.2, 0.25) is 0 Å². The second kappa shape index (κ2) is 6.70. The van der Waals surface area contributed by atoms with Crippen LogP contribution in [-0.2, 0) is 6.42 Å². The lowest BCUT2D eigenvalue weighted by molar-refractivity contribution is 0.510. The van der Waals surface area contributed by atoms with Crippen LogP contribution < -0.4 is 5.01 Å². The molecule has 4 heteroatoms. The van der Waals surface area contributed by atoms with Gasteiger partial charge >= 0.3 is 0 Å². The zero-order valence-electron chi connectivity index (χ0n) is 14.6. The number of halogens is 2. The second-order valence-corrected chi connectivity index (χ2v) is 7.92. The smallest absolute Gasteiger partial charge is 0.0874 e. The van der Waals surface area contributed by atoms with Gasteiger partial charge in [-0.1, -0.05) is 71.7 Å². The van der Waals surface area contributed by atoms with Gasteiger partial charge in [-0.3, -0.25) is 5.01 Å². The minimum absolute atomic E-state index is 0.0699. The van der Waals surface area contributed by atoms with Crippen LogP contribution in [-0.4, -0.2) is 5.71 Å². The fourth-order valence-electron chi connectivity index (χ4n) is 4.31. The van der Waals surface area contributed by atoms with Gasteiger partial charge in [0.05, 0.1) is 17.4 Å². The quantitative estimate of drug-likeness (QED) is 0.484. The molecule has 0 spiro atoms. The molecule has 0 saturated carbocycles. The molecule has 2 aliphatic rings. The zero-order valence-corrected chi connectivity index (χ0v) is 16.2. The molecule has 0 bridgehead atoms. The molecular formula is C23H18Cl2N2. The Hall–Kier alpha value is -2.29. The fourth-order valence-corrected chi connectivity index (χ4v) is 4.83. The van der Waals surface area contributed by atoms with Crippen LogP contribution in [0.5, 0.6) is 0 Å². The van der Waals surface area contributed by atoms with Crippen LogP contribution >= 0.6 is 23.2 Å². The average Bonchev–Trinajstić information content (AvgIpc) is 3.08. The van der Waals surface area contributed by atoms with Gasteiger partial charge in [0.25, 0.3) is 0 Å². The lowest BCUT2D eigenvalue weighted by atomic mass is 9.77. The predicted octanol–water partition coefficient (Wildman–Crippen LogP) is 6.52. The summed E-state index contributed by atoms with van der Waals surface area (Å²) in [6.07, 6.45) is 2.12. The van der Waals surface area contributed by atoms with Gasteiger partial charge < -0.3 is 0 Å². The Labute approximate surface area is 169 Å². The van der Waals surface area contributed by atoms with E-state index >= 15 is 0 Å². The fraction of sp³-hybridized carbons (Fsp3) is 0.174. The number of hydrogen-bond acceptors (Lipinski definition) is 2. The lowest BCUT2D eigenvalue weighted by Crippen LogP contribution is -2.29. The molecule has 5 rings (SSSR count). The van der Waals surface area contributed by atoms with Crippen LogP contribution in [0.3, 0.4) is 0 Å². The molecule has 0 N–H and O–H groups in total. The van der Waals surface area contributed by atoms with E-state index in [1.807, 2.05) is 36.4 Å². The molecule has 0 amide bonds. The number of para-hydroxylation sites is 1. The Morgan fingerprint density at radius 2 is 1.67 bits per heavy atom. The molecule has 1 aliphatic carbocycles. The topological polar surface area (TPSA) is 15.6 Å². The summed E-state index contributed by atoms with van der Waals surface area (Å²) < 4.78 is 0. The molecule has 27 heavy (non-hydrogen) atoms. The minimum atomic E-state index is 0.0699. The van der Waals surface area contributed by atoms with Gasteiger partial charge in [-0.25, -0.2) is 0 Å². The molecule has 1 heterocycles. The summed E-state index contributed by atoms with van der Waals surface area (Å²) in [6, 6.07) is 24.8. The van der Waals surface area contributed by atoms with Crippen molar-refractivity contribution in [1.82, 2.24) is 0 Å². The zero-order chi connectivity index (χ0) is 18.4. The molecule has 0 radical (unpaired) electrons. The molecule has 0 fully saturated rings. The van der Waals surface area contributed by atoms with Crippen molar-refractivity contribution >= 4 is 34.6 Å². The van der Waals surface area contributed by atoms with Crippen molar-refractivity contribution < 1.29 is 0 Å². The number of aryl methyl sites for hydroxylation is 1. The van der Waals surface area contributed by atoms with Gasteiger partial charge in [-0.15, -0.1) is 0 Å². The highest BCUT2D eigenvalue weighted by Crippen LogP contribution is 2.47. The molecule has 2 nitrogen and oxygen atoms in total. The van der Waals surface area contributed by atoms with Crippen molar-refractivity contribution in [1.29, 1.82) is 0 Å². The second-order valence-electron chi connectivity index (χ2n) is 7.08. The summed E-state index contributed by atoms with van der Waals surface area (Å²) in [5.41, 5.74) is 5.96. The summed E-state index contributed by atoms with van der Waals surface area (Å²) in [5.74, 6) is 0.304. The number of nitrogens with zero attached hydrogens (tertiary/aromatic N) is 2. The Balaban J connectivity index is 1.67. The van der Waals surface area contributed by atoms with Crippen molar-refractivity contribution in [3.05, 3.63) is 99.5 Å². The van der Waals surface area contributed by atoms with Crippen molar-refractivity contribution in [2.45, 2.75) is 18.9 Å². The Morgan fingerprint density at radius 3 is 2.48 bits per heavy atom. The molecule has 2 atom stereocenters. The van der Waals surface area contributed by atoms with Crippen LogP contribution in [0.1, 0.15) is 29.2 Å². The predicted molar refractivity (Wildman–Crippen MR) is 113 cm³/mol. The molecule has 0 unspecified atom stereocenters. The van der Waals surface area contributed by atoms with Crippen LogP contribution in [0.15, 0.2) is 77.9 Å². The summed E-state index contributed by atoms with van der Waals surface area (Å²) in [7, 11) is 0. The normalized spacial score (nSPS) is 20.8. The molecule has 0 saturated heterocycles. The van der Waals surface area contributed by atoms with Crippen LogP contribution in [0.2, 0.25) is 10.0 Å². The third-order valence-corrected chi connectivity index (χ3v) is 6.09. The van der Waals surface area contributed by atoms with Crippen LogP contribution in [0.25, 0.3) is 0 Å². The number of anilines is 1. The molecular weight excluding hydrogens is 375 g/mol. The lowest BCUT2D eigenvalue weighted by Gasteiger charge is -2.31. The Kier molecular flexibility index (Phi) is 4.18. The third-order valence-electron chi connectivity index (χ3n) is 5.53. The van der Waals surface area contributed by atoms with E-state index in [0.29, 0.717) is 16.0 Å². The monoisotopic (exact) mass is 392 g/mol. The highest BCUT2D eigenvalue weighted by molar-refractivity contribution is 6.35. The number of rotatable bonds is 2. The van der Waals surface area contributed by atoms with Crippen molar-refractivity contribution in [3.63, 3.8) is 0 Å². The highest BCUT2D eigenvalue weighted by Gasteiger charge is 2.42. The van der Waals surface area contributed by atoms with Crippen LogP contribution in [0, 0.1) is 5.92 Å². The van der Waals surface area contributed by atoms with E-state index < -0.39 is 0 Å². The first-order valence-electron chi connectivity index (χ1n) is 9.18. The number of hydrazone groups is 1. The van der Waals surface area contributed by atoms with Gasteiger partial charge in [0, 0.05) is 21.5 Å². The van der Waals surface area contributed by atoms with E-state index in [1.165, 1.54) is 11.1 Å². The first-order chi connectivity index (χ1) is 13.2. The third kappa shape index (κ3) is 2.84. The summed E-state index contributed by atoms with van der Waals surface area (Å²) in [4.78, 5) is 0. The van der Waals surface area contributed by atoms with E-state index in [2.05, 4.69) is 41.4 Å². The SMILES string of the molecule is Clc1ccc([C@@H]2[C@H]3CCc4ccccc4C3=NN2c2ccccc2)c(Cl)c1. The maximum atomic E-state index is 6.63. The Morgan fingerprint density at radius 1 is 0.889 bits per heavy atom. The average molecular weight is 393 g/mol. The molecule has 3 aromatic rings. The Bertz CT molecular complexity index is 1030. The van der Waals surface area contributed by atoms with E-state index in [-0.39, 0.29) is 6.04 Å². The number of benzene rings is 3. The van der Waals surface area contributed by atoms with Crippen molar-refractivity contribution in [2.75, 3.05) is 5.01 Å². The van der Waals surface area contributed by atoms with Gasteiger partial charge in [-0.05, 0) is 48.2 Å². The summed E-state index contributed by atoms with van der Waals surface area (Å²) in [6.45, 7) is 0. The standard InChI is InChI=1S/C23H18Cl2N2/c24-16-11-13-19(21(25)14-16)23-20-12-10-15-6-4-5-9-18(15)22(20)26-27(23)17-7-2-1-3-8-17/h1-9,11,13-14,20,23H,10,12H2/t20-,23+/m0/s1. The van der Waals surface area contributed by atoms with Gasteiger partial charge in [0.1, 0.15) is 0 Å². The number of fused-ring (bicyclic) bond motifs is 3. The maximum absolute atomic E-state index is 6.63. The van der Waals surface area contributed by atoms with E-state index in [1.54, 1.807) is 0 Å². The van der Waals surface area contributed by atoms with E-state index in [4.69, 9.17) is 28.3 Å². The minimum Gasteiger partial charge on any atom is -0.257 e. The van der Waals surface area contributed by atoms with Gasteiger partial charge in [0.15, 0.2) is 0 Å². The molecule has 3 aromatic carbocycles. The molecule has 134 valence electrons. The van der Waals surface area contributed by atoms with Crippen molar-refractivity contribution in [3.8, 4) is 0 Å². The maximum Gasteiger partial charge on any atom is 0.0874 e. The first-order valence-corrected chi connectivity index (χ1v) is 9.94. The molecule has 1 aliphatic heterocycles. The number of hydrogen-bond donors (Lipinski definition) is 0. The van der Waals surface area contributed by atoms with Crippen molar-refractivity contribution in [2.24, 2.45) is 11.0 Å². The highest BCUT2D eigenvalue weighted by atomic mass is 35.5. The van der Waals surface area contributed by atoms with E-state index in [0.717, 1.165) is 29.8 Å².